The number of fused-ring (bicyclic) bond motifs is 1. The molecule has 2 heterocycles. The zero-order valence-electron chi connectivity index (χ0n) is 8.85. The smallest absolute Gasteiger partial charge is 0.419 e. The molecule has 0 aromatic carbocycles. The molecular weight excluding hydrogens is 249 g/mol. The molecule has 4 nitrogen and oxygen atoms in total. The van der Waals surface area contributed by atoms with Crippen molar-refractivity contribution in [1.82, 2.24) is 9.38 Å². The number of alkyl halides is 3. The quantitative estimate of drug-likeness (QED) is 0.839. The minimum absolute atomic E-state index is 0.147. The number of carbonyl (C=O) groups is 1. The number of nitrogens with zero attached hydrogens (tertiary/aromatic N) is 2. The molecule has 0 aliphatic carbocycles. The molecule has 2 aromatic heterocycles. The summed E-state index contributed by atoms with van der Waals surface area (Å²) in [6.07, 6.45) is 0.186. The highest BCUT2D eigenvalue weighted by atomic mass is 19.4. The third kappa shape index (κ3) is 2.34. The van der Waals surface area contributed by atoms with Crippen molar-refractivity contribution in [3.05, 3.63) is 41.9 Å². The normalized spacial score (nSPS) is 12.4. The summed E-state index contributed by atoms with van der Waals surface area (Å²) < 4.78 is 39.2. The average molecular weight is 256 g/mol. The van der Waals surface area contributed by atoms with Crippen molar-refractivity contribution in [2.75, 3.05) is 0 Å². The van der Waals surface area contributed by atoms with Crippen LogP contribution in [0.3, 0.4) is 0 Å². The number of hydrogen-bond donors (Lipinski definition) is 1. The molecule has 0 saturated carbocycles. The second-order valence-corrected chi connectivity index (χ2v) is 3.49. The van der Waals surface area contributed by atoms with Gasteiger partial charge in [-0.2, -0.15) is 13.2 Å². The van der Waals surface area contributed by atoms with Gasteiger partial charge < -0.3 is 9.51 Å². The molecule has 0 spiro atoms. The Balaban J connectivity index is 2.55. The van der Waals surface area contributed by atoms with Gasteiger partial charge >= 0.3 is 12.1 Å². The lowest BCUT2D eigenvalue weighted by Gasteiger charge is -2.06. The predicted octanol–water partition coefficient (Wildman–Crippen LogP) is 2.45. The van der Waals surface area contributed by atoms with Crippen LogP contribution in [0.25, 0.3) is 11.7 Å². The molecule has 0 aliphatic heterocycles. The molecule has 0 fully saturated rings. The van der Waals surface area contributed by atoms with E-state index in [-0.39, 0.29) is 11.3 Å². The minimum atomic E-state index is -4.50. The first kappa shape index (κ1) is 12.2. The Morgan fingerprint density at radius 3 is 2.78 bits per heavy atom. The average Bonchev–Trinajstić information content (AvgIpc) is 2.66. The Bertz CT molecular complexity index is 629. The number of rotatable bonds is 2. The van der Waals surface area contributed by atoms with E-state index in [1.54, 1.807) is 0 Å². The zero-order valence-corrected chi connectivity index (χ0v) is 8.85. The maximum Gasteiger partial charge on any atom is 0.419 e. The number of aliphatic carboxylic acids is 1. The largest absolute Gasteiger partial charge is 0.478 e. The molecule has 18 heavy (non-hydrogen) atoms. The zero-order chi connectivity index (χ0) is 13.3. The minimum Gasteiger partial charge on any atom is -0.478 e. The van der Waals surface area contributed by atoms with Crippen molar-refractivity contribution in [2.45, 2.75) is 6.18 Å². The SMILES string of the molecule is O=C(O)/C=C/c1cn2cccc(C(F)(F)F)c2n1. The number of hydrogen-bond acceptors (Lipinski definition) is 2. The molecule has 94 valence electrons. The van der Waals surface area contributed by atoms with Crippen LogP contribution in [0.5, 0.6) is 0 Å². The number of carboxylic acid groups (broad SMARTS) is 1. The number of pyridine rings is 1. The van der Waals surface area contributed by atoms with Crippen LogP contribution < -0.4 is 0 Å². The lowest BCUT2D eigenvalue weighted by atomic mass is 10.2. The topological polar surface area (TPSA) is 54.6 Å². The molecule has 0 unspecified atom stereocenters. The van der Waals surface area contributed by atoms with E-state index >= 15 is 0 Å². The highest BCUT2D eigenvalue weighted by Gasteiger charge is 2.33. The maximum absolute atomic E-state index is 12.7. The van der Waals surface area contributed by atoms with Gasteiger partial charge in [0.15, 0.2) is 0 Å². The van der Waals surface area contributed by atoms with E-state index in [4.69, 9.17) is 5.11 Å². The highest BCUT2D eigenvalue weighted by Crippen LogP contribution is 2.31. The summed E-state index contributed by atoms with van der Waals surface area (Å²) >= 11 is 0. The first-order valence-corrected chi connectivity index (χ1v) is 4.84. The van der Waals surface area contributed by atoms with E-state index in [2.05, 4.69) is 4.98 Å². The van der Waals surface area contributed by atoms with Gasteiger partial charge in [0.2, 0.25) is 0 Å². The van der Waals surface area contributed by atoms with Crippen LogP contribution in [0.15, 0.2) is 30.6 Å². The Morgan fingerprint density at radius 1 is 1.44 bits per heavy atom. The number of aromatic nitrogens is 2. The summed E-state index contributed by atoms with van der Waals surface area (Å²) in [7, 11) is 0. The lowest BCUT2D eigenvalue weighted by molar-refractivity contribution is -0.136. The van der Waals surface area contributed by atoms with Crippen molar-refractivity contribution >= 4 is 17.7 Å². The fraction of sp³-hybridized carbons (Fsp3) is 0.0909. The van der Waals surface area contributed by atoms with Crippen LogP contribution in [0.4, 0.5) is 13.2 Å². The van der Waals surface area contributed by atoms with Crippen LogP contribution in [-0.4, -0.2) is 20.5 Å². The lowest BCUT2D eigenvalue weighted by Crippen LogP contribution is -2.07. The van der Waals surface area contributed by atoms with Gasteiger partial charge in [-0.05, 0) is 18.2 Å². The Hall–Kier alpha value is -2.31. The summed E-state index contributed by atoms with van der Waals surface area (Å²) in [5.41, 5.74) is -0.968. The van der Waals surface area contributed by atoms with Gasteiger partial charge in [0.05, 0.1) is 11.3 Å². The second-order valence-electron chi connectivity index (χ2n) is 3.49. The molecule has 0 saturated heterocycles. The third-order valence-electron chi connectivity index (χ3n) is 2.20. The molecule has 0 radical (unpaired) electrons. The molecular formula is C11H7F3N2O2. The highest BCUT2D eigenvalue weighted by molar-refractivity contribution is 5.85. The van der Waals surface area contributed by atoms with Crippen LogP contribution in [-0.2, 0) is 11.0 Å². The van der Waals surface area contributed by atoms with Crippen molar-refractivity contribution in [3.63, 3.8) is 0 Å². The molecule has 0 amide bonds. The van der Waals surface area contributed by atoms with Gasteiger partial charge in [-0.15, -0.1) is 0 Å². The van der Waals surface area contributed by atoms with Crippen molar-refractivity contribution in [2.24, 2.45) is 0 Å². The van der Waals surface area contributed by atoms with Gasteiger partial charge in [0.25, 0.3) is 0 Å². The third-order valence-corrected chi connectivity index (χ3v) is 2.20. The number of carboxylic acids is 1. The van der Waals surface area contributed by atoms with Gasteiger partial charge in [0.1, 0.15) is 5.65 Å². The molecule has 0 aliphatic rings. The fourth-order valence-corrected chi connectivity index (χ4v) is 1.49. The van der Waals surface area contributed by atoms with E-state index < -0.39 is 17.7 Å². The summed E-state index contributed by atoms with van der Waals surface area (Å²) in [4.78, 5) is 14.1. The van der Waals surface area contributed by atoms with Crippen LogP contribution in [0, 0.1) is 0 Å². The standard InChI is InChI=1S/C11H7F3N2O2/c12-11(13,14)8-2-1-5-16-6-7(15-10(8)16)3-4-9(17)18/h1-6H,(H,17,18)/b4-3+. The number of halogens is 3. The first-order chi connectivity index (χ1) is 8.38. The predicted molar refractivity (Wildman–Crippen MR) is 56.9 cm³/mol. The van der Waals surface area contributed by atoms with E-state index in [1.165, 1.54) is 22.9 Å². The first-order valence-electron chi connectivity index (χ1n) is 4.84. The number of imidazole rings is 1. The van der Waals surface area contributed by atoms with Crippen LogP contribution in [0.2, 0.25) is 0 Å². The molecule has 2 aromatic rings. The van der Waals surface area contributed by atoms with E-state index in [1.807, 2.05) is 0 Å². The van der Waals surface area contributed by atoms with Crippen molar-refractivity contribution in [3.8, 4) is 0 Å². The molecule has 0 bridgehead atoms. The van der Waals surface area contributed by atoms with Gasteiger partial charge in [-0.25, -0.2) is 9.78 Å². The van der Waals surface area contributed by atoms with Gasteiger partial charge in [-0.1, -0.05) is 0 Å². The summed E-state index contributed by atoms with van der Waals surface area (Å²) in [5.74, 6) is -1.19. The Labute approximate surface area is 99.0 Å². The van der Waals surface area contributed by atoms with E-state index in [0.29, 0.717) is 0 Å². The molecule has 2 rings (SSSR count). The monoisotopic (exact) mass is 256 g/mol. The molecule has 1 N–H and O–H groups in total. The summed E-state index contributed by atoms with van der Waals surface area (Å²) in [6, 6.07) is 2.18. The van der Waals surface area contributed by atoms with Crippen molar-refractivity contribution < 1.29 is 23.1 Å². The summed E-state index contributed by atoms with van der Waals surface area (Å²) in [5, 5.41) is 8.43. The summed E-state index contributed by atoms with van der Waals surface area (Å²) in [6.45, 7) is 0. The van der Waals surface area contributed by atoms with E-state index in [9.17, 15) is 18.0 Å². The van der Waals surface area contributed by atoms with Gasteiger partial charge in [-0.3, -0.25) is 0 Å². The maximum atomic E-state index is 12.7. The van der Waals surface area contributed by atoms with E-state index in [0.717, 1.165) is 18.2 Å². The van der Waals surface area contributed by atoms with Crippen LogP contribution in [0.1, 0.15) is 11.3 Å². The van der Waals surface area contributed by atoms with Crippen LogP contribution >= 0.6 is 0 Å². The molecule has 0 atom stereocenters. The Morgan fingerprint density at radius 2 is 2.17 bits per heavy atom. The molecule has 7 heteroatoms. The second kappa shape index (κ2) is 4.17. The fourth-order valence-electron chi connectivity index (χ4n) is 1.49. The van der Waals surface area contributed by atoms with Gasteiger partial charge in [0, 0.05) is 18.5 Å². The Kier molecular flexibility index (Phi) is 2.82. The van der Waals surface area contributed by atoms with Crippen molar-refractivity contribution in [1.29, 1.82) is 0 Å².